The van der Waals surface area contributed by atoms with E-state index in [4.69, 9.17) is 14.2 Å². The molecule has 0 aromatic carbocycles. The molecule has 67 heavy (non-hydrogen) atoms. The Kier molecular flexibility index (Phi) is 52.4. The van der Waals surface area contributed by atoms with Gasteiger partial charge < -0.3 is 14.2 Å². The average Bonchev–Trinajstić information content (AvgIpc) is 3.33. The van der Waals surface area contributed by atoms with Crippen molar-refractivity contribution >= 4 is 17.9 Å². The summed E-state index contributed by atoms with van der Waals surface area (Å²) in [6, 6.07) is 0. The Morgan fingerprint density at radius 2 is 0.582 bits per heavy atom. The molecule has 0 amide bonds. The number of hydrogen-bond acceptors (Lipinski definition) is 6. The fraction of sp³-hybridized carbons (Fsp3) is 0.721. The molecule has 0 aliphatic carbocycles. The number of hydrogen-bond donors (Lipinski definition) is 0. The van der Waals surface area contributed by atoms with Crippen molar-refractivity contribution in [3.8, 4) is 0 Å². The van der Waals surface area contributed by atoms with Crippen LogP contribution in [0, 0.1) is 0 Å². The van der Waals surface area contributed by atoms with E-state index in [9.17, 15) is 14.4 Å². The maximum atomic E-state index is 12.8. The minimum absolute atomic E-state index is 0.0981. The predicted molar refractivity (Wildman–Crippen MR) is 288 cm³/mol. The highest BCUT2D eigenvalue weighted by molar-refractivity contribution is 5.71. The molecule has 0 aliphatic rings. The third-order valence-corrected chi connectivity index (χ3v) is 11.9. The number of unbranched alkanes of at least 4 members (excludes halogenated alkanes) is 25. The predicted octanol–water partition coefficient (Wildman–Crippen LogP) is 18.8. The summed E-state index contributed by atoms with van der Waals surface area (Å²) < 4.78 is 16.8. The SMILES string of the molecule is CC/C=C\C/C=C\C/C=C\CCCCCCCC(=O)O[C@H](COC(=O)CCCC/C=C\C/C=C\C/C=C\CCCCC)COC(=O)CCCCCCCCC/C=C\CCCCCCCCCC. The van der Waals surface area contributed by atoms with Crippen LogP contribution in [0.2, 0.25) is 0 Å². The van der Waals surface area contributed by atoms with Crippen molar-refractivity contribution in [1.82, 2.24) is 0 Å². The van der Waals surface area contributed by atoms with Gasteiger partial charge in [0.1, 0.15) is 13.2 Å². The van der Waals surface area contributed by atoms with Crippen molar-refractivity contribution in [2.75, 3.05) is 13.2 Å². The molecule has 6 nitrogen and oxygen atoms in total. The van der Waals surface area contributed by atoms with Gasteiger partial charge in [0, 0.05) is 19.3 Å². The molecular weight excluding hydrogens is 829 g/mol. The van der Waals surface area contributed by atoms with Crippen LogP contribution in [0.25, 0.3) is 0 Å². The van der Waals surface area contributed by atoms with Gasteiger partial charge in [0.25, 0.3) is 0 Å². The summed E-state index contributed by atoms with van der Waals surface area (Å²) in [5.41, 5.74) is 0. The van der Waals surface area contributed by atoms with Gasteiger partial charge in [-0.25, -0.2) is 0 Å². The maximum Gasteiger partial charge on any atom is 0.306 e. The van der Waals surface area contributed by atoms with Crippen molar-refractivity contribution in [3.05, 3.63) is 85.1 Å². The number of ether oxygens (including phenoxy) is 3. The van der Waals surface area contributed by atoms with Crippen LogP contribution in [-0.2, 0) is 28.6 Å². The quantitative estimate of drug-likeness (QED) is 0.0262. The minimum atomic E-state index is -0.803. The molecular formula is C61H104O6. The molecule has 0 aromatic rings. The molecule has 0 radical (unpaired) electrons. The van der Waals surface area contributed by atoms with Gasteiger partial charge >= 0.3 is 17.9 Å². The van der Waals surface area contributed by atoms with Crippen LogP contribution in [-0.4, -0.2) is 37.2 Å². The topological polar surface area (TPSA) is 78.9 Å². The summed E-state index contributed by atoms with van der Waals surface area (Å²) in [5, 5.41) is 0. The van der Waals surface area contributed by atoms with Gasteiger partial charge in [-0.3, -0.25) is 14.4 Å². The Hall–Kier alpha value is -3.41. The van der Waals surface area contributed by atoms with Crippen LogP contribution < -0.4 is 0 Å². The molecule has 384 valence electrons. The Balaban J connectivity index is 4.45. The van der Waals surface area contributed by atoms with Gasteiger partial charge in [-0.05, 0) is 116 Å². The molecule has 0 heterocycles. The van der Waals surface area contributed by atoms with Crippen molar-refractivity contribution in [2.24, 2.45) is 0 Å². The van der Waals surface area contributed by atoms with E-state index < -0.39 is 6.10 Å². The molecule has 0 fully saturated rings. The minimum Gasteiger partial charge on any atom is -0.462 e. The summed E-state index contributed by atoms with van der Waals surface area (Å²) in [6.45, 7) is 6.46. The number of allylic oxidation sites excluding steroid dienone is 14. The molecule has 0 rings (SSSR count). The molecule has 6 heteroatoms. The maximum absolute atomic E-state index is 12.8. The number of carbonyl (C=O) groups is 3. The van der Waals surface area contributed by atoms with E-state index in [1.54, 1.807) is 0 Å². The summed E-state index contributed by atoms with van der Waals surface area (Å²) in [6.07, 6.45) is 71.4. The Morgan fingerprint density at radius 3 is 0.985 bits per heavy atom. The summed E-state index contributed by atoms with van der Waals surface area (Å²) in [4.78, 5) is 38.1. The van der Waals surface area contributed by atoms with Crippen LogP contribution in [0.15, 0.2) is 85.1 Å². The average molecular weight is 933 g/mol. The van der Waals surface area contributed by atoms with Gasteiger partial charge in [0.05, 0.1) is 0 Å². The molecule has 0 bridgehead atoms. The highest BCUT2D eigenvalue weighted by atomic mass is 16.6. The standard InChI is InChI=1S/C61H104O6/c1-4-7-10-13-16-19-22-25-28-29-30-31-34-36-39-42-45-48-51-54-60(63)66-57-58(67-61(64)55-52-49-46-43-40-37-33-27-24-21-18-15-12-9-6-3)56-65-59(62)53-50-47-44-41-38-35-32-26-23-20-17-14-11-8-5-2/h9,12,17-18,20-21,26-27,29-30,32-33,38,41,58H,4-8,10-11,13-16,19,22-25,28,31,34-37,39-40,42-57H2,1-3H3/b12-9-,20-17-,21-18-,30-29-,32-26-,33-27-,41-38-/t58-/m1/s1. The van der Waals surface area contributed by atoms with Crippen LogP contribution in [0.3, 0.4) is 0 Å². The van der Waals surface area contributed by atoms with Gasteiger partial charge in [0.15, 0.2) is 6.10 Å². The van der Waals surface area contributed by atoms with Crippen molar-refractivity contribution in [1.29, 1.82) is 0 Å². The molecule has 0 saturated heterocycles. The number of esters is 3. The largest absolute Gasteiger partial charge is 0.462 e. The Morgan fingerprint density at radius 1 is 0.313 bits per heavy atom. The zero-order chi connectivity index (χ0) is 48.6. The van der Waals surface area contributed by atoms with Crippen molar-refractivity contribution < 1.29 is 28.6 Å². The lowest BCUT2D eigenvalue weighted by Gasteiger charge is -2.18. The molecule has 0 spiro atoms. The monoisotopic (exact) mass is 933 g/mol. The first kappa shape index (κ1) is 63.6. The molecule has 1 atom stereocenters. The van der Waals surface area contributed by atoms with Crippen LogP contribution in [0.4, 0.5) is 0 Å². The first-order valence-corrected chi connectivity index (χ1v) is 28.1. The van der Waals surface area contributed by atoms with E-state index in [1.807, 2.05) is 0 Å². The zero-order valence-electron chi connectivity index (χ0n) is 43.9. The highest BCUT2D eigenvalue weighted by Crippen LogP contribution is 2.14. The number of rotatable bonds is 50. The van der Waals surface area contributed by atoms with E-state index >= 15 is 0 Å². The second-order valence-corrected chi connectivity index (χ2v) is 18.5. The Bertz CT molecular complexity index is 1300. The molecule has 0 aliphatic heterocycles. The molecule has 0 unspecified atom stereocenters. The van der Waals surface area contributed by atoms with Crippen LogP contribution in [0.1, 0.15) is 265 Å². The van der Waals surface area contributed by atoms with Gasteiger partial charge in [-0.1, -0.05) is 215 Å². The second kappa shape index (κ2) is 55.2. The lowest BCUT2D eigenvalue weighted by Crippen LogP contribution is -2.30. The smallest absolute Gasteiger partial charge is 0.306 e. The van der Waals surface area contributed by atoms with Crippen molar-refractivity contribution in [3.63, 3.8) is 0 Å². The number of carbonyl (C=O) groups excluding carboxylic acids is 3. The lowest BCUT2D eigenvalue weighted by molar-refractivity contribution is -0.167. The molecule has 0 N–H and O–H groups in total. The normalized spacial score (nSPS) is 12.7. The second-order valence-electron chi connectivity index (χ2n) is 18.5. The van der Waals surface area contributed by atoms with Crippen LogP contribution in [0.5, 0.6) is 0 Å². The van der Waals surface area contributed by atoms with E-state index in [2.05, 4.69) is 106 Å². The van der Waals surface area contributed by atoms with Crippen LogP contribution >= 0.6 is 0 Å². The third-order valence-electron chi connectivity index (χ3n) is 11.9. The van der Waals surface area contributed by atoms with E-state index in [-0.39, 0.29) is 31.1 Å². The fourth-order valence-electron chi connectivity index (χ4n) is 7.63. The third kappa shape index (κ3) is 53.4. The lowest BCUT2D eigenvalue weighted by atomic mass is 10.1. The van der Waals surface area contributed by atoms with Gasteiger partial charge in [0.2, 0.25) is 0 Å². The summed E-state index contributed by atoms with van der Waals surface area (Å²) in [5.74, 6) is -0.956. The summed E-state index contributed by atoms with van der Waals surface area (Å²) in [7, 11) is 0. The first-order chi connectivity index (χ1) is 33.0. The highest BCUT2D eigenvalue weighted by Gasteiger charge is 2.19. The van der Waals surface area contributed by atoms with E-state index in [0.29, 0.717) is 19.3 Å². The van der Waals surface area contributed by atoms with E-state index in [1.165, 1.54) is 116 Å². The van der Waals surface area contributed by atoms with Gasteiger partial charge in [-0.15, -0.1) is 0 Å². The zero-order valence-corrected chi connectivity index (χ0v) is 43.9. The Labute approximate surface area is 414 Å². The van der Waals surface area contributed by atoms with Crippen molar-refractivity contribution in [2.45, 2.75) is 271 Å². The molecule has 0 saturated carbocycles. The van der Waals surface area contributed by atoms with Gasteiger partial charge in [-0.2, -0.15) is 0 Å². The summed E-state index contributed by atoms with van der Waals surface area (Å²) >= 11 is 0. The fourth-order valence-corrected chi connectivity index (χ4v) is 7.63. The van der Waals surface area contributed by atoms with E-state index in [0.717, 1.165) is 109 Å². The first-order valence-electron chi connectivity index (χ1n) is 28.1. The molecule has 0 aromatic heterocycles.